The Bertz CT molecular complexity index is 344. The maximum Gasteiger partial charge on any atom is 0.191 e. The van der Waals surface area contributed by atoms with Crippen molar-refractivity contribution in [2.45, 2.75) is 57.5 Å². The Labute approximate surface area is 136 Å². The first-order valence-corrected chi connectivity index (χ1v) is 9.13. The predicted molar refractivity (Wildman–Crippen MR) is 94.5 cm³/mol. The van der Waals surface area contributed by atoms with E-state index in [2.05, 4.69) is 39.4 Å². The van der Waals surface area contributed by atoms with Crippen molar-refractivity contribution in [3.8, 4) is 0 Å². The molecule has 128 valence electrons. The summed E-state index contributed by atoms with van der Waals surface area (Å²) in [6.45, 7) is 7.91. The van der Waals surface area contributed by atoms with Gasteiger partial charge < -0.3 is 15.5 Å². The average molecular weight is 310 g/mol. The van der Waals surface area contributed by atoms with Crippen LogP contribution in [0.25, 0.3) is 0 Å². The van der Waals surface area contributed by atoms with Gasteiger partial charge >= 0.3 is 0 Å². The van der Waals surface area contributed by atoms with Gasteiger partial charge in [0.1, 0.15) is 0 Å². The minimum Gasteiger partial charge on any atom is -0.355 e. The second kappa shape index (κ2) is 9.36. The Morgan fingerprint density at radius 3 is 2.59 bits per heavy atom. The van der Waals surface area contributed by atoms with Gasteiger partial charge in [0.15, 0.2) is 5.96 Å². The molecule has 2 aliphatic heterocycles. The lowest BCUT2D eigenvalue weighted by Crippen LogP contribution is -2.47. The second-order valence-electron chi connectivity index (χ2n) is 6.75. The molecule has 0 bridgehead atoms. The van der Waals surface area contributed by atoms with E-state index in [4.69, 9.17) is 0 Å². The molecule has 0 aromatic rings. The normalized spacial score (nSPS) is 28.0. The Kier molecular flexibility index (Phi) is 7.46. The maximum absolute atomic E-state index is 4.35. The number of nitrogens with one attached hydrogen (secondary N) is 2. The van der Waals surface area contributed by atoms with E-state index < -0.39 is 0 Å². The molecule has 22 heavy (non-hydrogen) atoms. The highest BCUT2D eigenvalue weighted by molar-refractivity contribution is 5.79. The van der Waals surface area contributed by atoms with Gasteiger partial charge in [-0.3, -0.25) is 9.89 Å². The van der Waals surface area contributed by atoms with E-state index in [9.17, 15) is 0 Å². The van der Waals surface area contributed by atoms with Crippen molar-refractivity contribution in [3.63, 3.8) is 0 Å². The number of hydrogen-bond donors (Lipinski definition) is 2. The van der Waals surface area contributed by atoms with Crippen LogP contribution in [0.1, 0.15) is 45.4 Å². The molecule has 5 heteroatoms. The fourth-order valence-corrected chi connectivity index (χ4v) is 3.81. The van der Waals surface area contributed by atoms with Gasteiger partial charge in [0.2, 0.25) is 0 Å². The van der Waals surface area contributed by atoms with Gasteiger partial charge in [0.05, 0.1) is 0 Å². The Hall–Kier alpha value is -0.810. The molecule has 0 aliphatic carbocycles. The number of guanidine groups is 1. The van der Waals surface area contributed by atoms with Gasteiger partial charge in [-0.05, 0) is 52.2 Å². The van der Waals surface area contributed by atoms with Crippen LogP contribution in [0.4, 0.5) is 0 Å². The van der Waals surface area contributed by atoms with E-state index in [1.165, 1.54) is 51.6 Å². The maximum atomic E-state index is 4.35. The summed E-state index contributed by atoms with van der Waals surface area (Å²) in [7, 11) is 4.08. The molecule has 0 aromatic carbocycles. The molecule has 2 saturated heterocycles. The monoisotopic (exact) mass is 309 g/mol. The van der Waals surface area contributed by atoms with Crippen molar-refractivity contribution in [3.05, 3.63) is 0 Å². The van der Waals surface area contributed by atoms with E-state index in [0.717, 1.165) is 31.6 Å². The number of nitrogens with zero attached hydrogens (tertiary/aromatic N) is 3. The minimum atomic E-state index is 0.658. The molecule has 2 unspecified atom stereocenters. The molecule has 2 atom stereocenters. The lowest BCUT2D eigenvalue weighted by atomic mass is 10.0. The molecule has 2 N–H and O–H groups in total. The fourth-order valence-electron chi connectivity index (χ4n) is 3.81. The third-order valence-corrected chi connectivity index (χ3v) is 5.31. The summed E-state index contributed by atoms with van der Waals surface area (Å²) >= 11 is 0. The summed E-state index contributed by atoms with van der Waals surface area (Å²) in [5.41, 5.74) is 0. The lowest BCUT2D eigenvalue weighted by molar-refractivity contribution is 0.147. The fraction of sp³-hybridized carbons (Fsp3) is 0.941. The van der Waals surface area contributed by atoms with Crippen LogP contribution in [0.5, 0.6) is 0 Å². The molecule has 0 amide bonds. The molecule has 0 saturated carbocycles. The third kappa shape index (κ3) is 5.13. The van der Waals surface area contributed by atoms with Gasteiger partial charge in [0.25, 0.3) is 0 Å². The molecule has 2 aliphatic rings. The molecule has 0 radical (unpaired) electrons. The highest BCUT2D eigenvalue weighted by Gasteiger charge is 2.21. The third-order valence-electron chi connectivity index (χ3n) is 5.31. The first-order chi connectivity index (χ1) is 10.7. The van der Waals surface area contributed by atoms with Crippen LogP contribution in [-0.2, 0) is 0 Å². The largest absolute Gasteiger partial charge is 0.355 e. The number of rotatable bonds is 6. The van der Waals surface area contributed by atoms with Gasteiger partial charge in [-0.2, -0.15) is 0 Å². The van der Waals surface area contributed by atoms with Crippen LogP contribution in [0.15, 0.2) is 4.99 Å². The van der Waals surface area contributed by atoms with E-state index >= 15 is 0 Å². The molecule has 2 rings (SSSR count). The summed E-state index contributed by atoms with van der Waals surface area (Å²) in [4.78, 5) is 9.44. The van der Waals surface area contributed by atoms with E-state index in [-0.39, 0.29) is 0 Å². The van der Waals surface area contributed by atoms with Crippen molar-refractivity contribution in [2.75, 3.05) is 46.8 Å². The zero-order valence-electron chi connectivity index (χ0n) is 14.8. The van der Waals surface area contributed by atoms with Gasteiger partial charge in [-0.15, -0.1) is 0 Å². The second-order valence-corrected chi connectivity index (χ2v) is 6.75. The van der Waals surface area contributed by atoms with Crippen molar-refractivity contribution < 1.29 is 0 Å². The number of piperidine rings is 1. The highest BCUT2D eigenvalue weighted by atomic mass is 15.2. The Morgan fingerprint density at radius 1 is 1.09 bits per heavy atom. The zero-order chi connectivity index (χ0) is 15.8. The molecule has 5 nitrogen and oxygen atoms in total. The zero-order valence-corrected chi connectivity index (χ0v) is 14.8. The quantitative estimate of drug-likeness (QED) is 0.576. The standard InChI is InChI=1S/C17H35N5/c1-4-15-8-5-6-12-22(15)13-10-19-17(18-2)20-14-16-9-7-11-21(16)3/h15-16H,4-14H2,1-3H3,(H2,18,19,20). The van der Waals surface area contributed by atoms with E-state index in [1.54, 1.807) is 0 Å². The van der Waals surface area contributed by atoms with Crippen molar-refractivity contribution in [2.24, 2.45) is 4.99 Å². The van der Waals surface area contributed by atoms with E-state index in [1.807, 2.05) is 7.05 Å². The Morgan fingerprint density at radius 2 is 1.91 bits per heavy atom. The molecular weight excluding hydrogens is 274 g/mol. The van der Waals surface area contributed by atoms with Crippen molar-refractivity contribution >= 4 is 5.96 Å². The van der Waals surface area contributed by atoms with Crippen LogP contribution in [0.2, 0.25) is 0 Å². The molecule has 2 fully saturated rings. The molecular formula is C17H35N5. The van der Waals surface area contributed by atoms with Gasteiger partial charge in [0, 0.05) is 38.8 Å². The van der Waals surface area contributed by atoms with Crippen LogP contribution in [0.3, 0.4) is 0 Å². The topological polar surface area (TPSA) is 42.9 Å². The minimum absolute atomic E-state index is 0.658. The number of hydrogen-bond acceptors (Lipinski definition) is 3. The number of likely N-dealkylation sites (tertiary alicyclic amines) is 2. The van der Waals surface area contributed by atoms with Crippen molar-refractivity contribution in [1.82, 2.24) is 20.4 Å². The first-order valence-electron chi connectivity index (χ1n) is 9.13. The van der Waals surface area contributed by atoms with Crippen LogP contribution in [-0.4, -0.2) is 74.7 Å². The van der Waals surface area contributed by atoms with Crippen LogP contribution < -0.4 is 10.6 Å². The smallest absolute Gasteiger partial charge is 0.191 e. The summed E-state index contributed by atoms with van der Waals surface area (Å²) < 4.78 is 0. The summed E-state index contributed by atoms with van der Waals surface area (Å²) in [5.74, 6) is 0.949. The van der Waals surface area contributed by atoms with Crippen LogP contribution >= 0.6 is 0 Å². The molecule has 0 aromatic heterocycles. The van der Waals surface area contributed by atoms with Crippen molar-refractivity contribution in [1.29, 1.82) is 0 Å². The SMILES string of the molecule is CCC1CCCCN1CCNC(=NC)NCC1CCCN1C. The highest BCUT2D eigenvalue weighted by Crippen LogP contribution is 2.18. The summed E-state index contributed by atoms with van der Waals surface area (Å²) in [5, 5.41) is 6.96. The Balaban J connectivity index is 1.65. The number of aliphatic imine (C=N–C) groups is 1. The predicted octanol–water partition coefficient (Wildman–Crippen LogP) is 1.51. The first kappa shape index (κ1) is 17.5. The summed E-state index contributed by atoms with van der Waals surface area (Å²) in [6.07, 6.45) is 8.03. The van der Waals surface area contributed by atoms with E-state index in [0.29, 0.717) is 6.04 Å². The van der Waals surface area contributed by atoms with Gasteiger partial charge in [-0.1, -0.05) is 13.3 Å². The van der Waals surface area contributed by atoms with Crippen LogP contribution in [0, 0.1) is 0 Å². The average Bonchev–Trinajstić information content (AvgIpc) is 2.96. The number of likely N-dealkylation sites (N-methyl/N-ethyl adjacent to an activating group) is 1. The summed E-state index contributed by atoms with van der Waals surface area (Å²) in [6, 6.07) is 1.45. The lowest BCUT2D eigenvalue weighted by Gasteiger charge is -2.35. The molecule has 2 heterocycles. The van der Waals surface area contributed by atoms with Gasteiger partial charge in [-0.25, -0.2) is 0 Å². The molecule has 0 spiro atoms.